The number of thiazole rings is 1. The fourth-order valence-corrected chi connectivity index (χ4v) is 3.19. The lowest BCUT2D eigenvalue weighted by molar-refractivity contribution is -0.115. The average molecular weight is 314 g/mol. The third kappa shape index (κ3) is 3.31. The van der Waals surface area contributed by atoms with Crippen LogP contribution in [0.4, 0.5) is 10.1 Å². The summed E-state index contributed by atoms with van der Waals surface area (Å²) in [5.74, 6) is -0.492. The fraction of sp³-hybridized carbons (Fsp3) is 0.176. The van der Waals surface area contributed by atoms with E-state index in [0.29, 0.717) is 5.56 Å². The summed E-state index contributed by atoms with van der Waals surface area (Å²) in [5.41, 5.74) is 2.34. The molecule has 1 N–H and O–H groups in total. The maximum atomic E-state index is 13.1. The fourth-order valence-electron chi connectivity index (χ4n) is 2.24. The summed E-state index contributed by atoms with van der Waals surface area (Å²) >= 11 is 1.63. The number of rotatable bonds is 4. The van der Waals surface area contributed by atoms with Crippen molar-refractivity contribution in [3.63, 3.8) is 0 Å². The Morgan fingerprint density at radius 3 is 2.91 bits per heavy atom. The third-order valence-corrected chi connectivity index (χ3v) is 4.44. The number of aryl methyl sites for hydroxylation is 1. The summed E-state index contributed by atoms with van der Waals surface area (Å²) in [6, 6.07) is 11.8. The van der Waals surface area contributed by atoms with Crippen LogP contribution >= 0.6 is 11.3 Å². The molecule has 5 heteroatoms. The Morgan fingerprint density at radius 1 is 1.27 bits per heavy atom. The first-order valence-corrected chi connectivity index (χ1v) is 7.89. The van der Waals surface area contributed by atoms with Crippen molar-refractivity contribution in [3.8, 4) is 0 Å². The molecule has 0 aliphatic heterocycles. The molecule has 3 aromatic rings. The van der Waals surface area contributed by atoms with Gasteiger partial charge in [-0.2, -0.15) is 0 Å². The molecule has 1 aromatic heterocycles. The first-order valence-electron chi connectivity index (χ1n) is 7.08. The summed E-state index contributed by atoms with van der Waals surface area (Å²) in [4.78, 5) is 16.5. The Labute approximate surface area is 131 Å². The lowest BCUT2D eigenvalue weighted by Gasteiger charge is -2.05. The van der Waals surface area contributed by atoms with E-state index in [2.05, 4.69) is 17.2 Å². The summed E-state index contributed by atoms with van der Waals surface area (Å²) in [7, 11) is 0. The smallest absolute Gasteiger partial charge is 0.228 e. The Hall–Kier alpha value is -2.27. The van der Waals surface area contributed by atoms with Gasteiger partial charge in [0, 0.05) is 5.69 Å². The van der Waals surface area contributed by atoms with Crippen LogP contribution in [0.3, 0.4) is 0 Å². The standard InChI is InChI=1S/C17H15FN2OS/c1-2-17-20-14-7-6-13(10-15(14)22-17)19-16(21)9-11-4-3-5-12(18)8-11/h3-8,10H,2,9H2,1H3,(H,19,21). The molecule has 0 saturated heterocycles. The molecular weight excluding hydrogens is 299 g/mol. The van der Waals surface area contributed by atoms with Crippen molar-refractivity contribution in [1.29, 1.82) is 0 Å². The highest BCUT2D eigenvalue weighted by Crippen LogP contribution is 2.25. The molecule has 0 spiro atoms. The van der Waals surface area contributed by atoms with Crippen molar-refractivity contribution in [2.75, 3.05) is 5.32 Å². The van der Waals surface area contributed by atoms with Crippen LogP contribution in [-0.2, 0) is 17.6 Å². The van der Waals surface area contributed by atoms with Crippen molar-refractivity contribution in [1.82, 2.24) is 4.98 Å². The third-order valence-electron chi connectivity index (χ3n) is 3.27. The second-order valence-corrected chi connectivity index (χ2v) is 6.11. The molecule has 0 bridgehead atoms. The normalized spacial score (nSPS) is 10.8. The van der Waals surface area contributed by atoms with E-state index in [9.17, 15) is 9.18 Å². The number of aromatic nitrogens is 1. The number of amides is 1. The van der Waals surface area contributed by atoms with Gasteiger partial charge in [-0.15, -0.1) is 11.3 Å². The molecule has 0 fully saturated rings. The molecule has 1 heterocycles. The zero-order valence-electron chi connectivity index (χ0n) is 12.1. The van der Waals surface area contributed by atoms with Crippen LogP contribution < -0.4 is 5.32 Å². The molecule has 0 aliphatic rings. The number of anilines is 1. The van der Waals surface area contributed by atoms with Gasteiger partial charge in [0.2, 0.25) is 5.91 Å². The molecule has 112 valence electrons. The summed E-state index contributed by atoms with van der Waals surface area (Å²) in [6.07, 6.45) is 1.05. The number of halogens is 1. The highest BCUT2D eigenvalue weighted by atomic mass is 32.1. The van der Waals surface area contributed by atoms with E-state index in [1.54, 1.807) is 23.5 Å². The predicted octanol–water partition coefficient (Wildman–Crippen LogP) is 4.18. The minimum absolute atomic E-state index is 0.151. The Morgan fingerprint density at radius 2 is 2.14 bits per heavy atom. The van der Waals surface area contributed by atoms with Gasteiger partial charge >= 0.3 is 0 Å². The summed E-state index contributed by atoms with van der Waals surface area (Å²) in [6.45, 7) is 2.07. The number of carbonyl (C=O) groups excluding carboxylic acids is 1. The molecule has 1 amide bonds. The molecule has 0 radical (unpaired) electrons. The maximum Gasteiger partial charge on any atom is 0.228 e. The van der Waals surface area contributed by atoms with Crippen LogP contribution in [0, 0.1) is 5.82 Å². The minimum atomic E-state index is -0.330. The number of nitrogens with one attached hydrogen (secondary N) is 1. The molecule has 2 aromatic carbocycles. The van der Waals surface area contributed by atoms with Gasteiger partial charge in [0.15, 0.2) is 0 Å². The molecule has 3 rings (SSSR count). The first-order chi connectivity index (χ1) is 10.6. The zero-order chi connectivity index (χ0) is 15.5. The van der Waals surface area contributed by atoms with E-state index in [1.807, 2.05) is 18.2 Å². The summed E-state index contributed by atoms with van der Waals surface area (Å²) < 4.78 is 14.2. The van der Waals surface area contributed by atoms with Crippen LogP contribution in [0.5, 0.6) is 0 Å². The van der Waals surface area contributed by atoms with Crippen LogP contribution in [0.15, 0.2) is 42.5 Å². The topological polar surface area (TPSA) is 42.0 Å². The maximum absolute atomic E-state index is 13.1. The van der Waals surface area contributed by atoms with Crippen molar-refractivity contribution < 1.29 is 9.18 Å². The Bertz CT molecular complexity index is 828. The van der Waals surface area contributed by atoms with Crippen LogP contribution in [-0.4, -0.2) is 10.9 Å². The van der Waals surface area contributed by atoms with Crippen molar-refractivity contribution in [2.45, 2.75) is 19.8 Å². The van der Waals surface area contributed by atoms with Gasteiger partial charge in [-0.05, 0) is 42.3 Å². The molecule has 22 heavy (non-hydrogen) atoms. The predicted molar refractivity (Wildman–Crippen MR) is 87.7 cm³/mol. The molecule has 3 nitrogen and oxygen atoms in total. The van der Waals surface area contributed by atoms with Gasteiger partial charge in [-0.3, -0.25) is 4.79 Å². The second-order valence-electron chi connectivity index (χ2n) is 5.00. The first kappa shape index (κ1) is 14.7. The van der Waals surface area contributed by atoms with Crippen LogP contribution in [0.1, 0.15) is 17.5 Å². The number of hydrogen-bond acceptors (Lipinski definition) is 3. The Kier molecular flexibility index (Phi) is 4.15. The number of hydrogen-bond donors (Lipinski definition) is 1. The monoisotopic (exact) mass is 314 g/mol. The molecular formula is C17H15FN2OS. The number of benzene rings is 2. The van der Waals surface area contributed by atoms with E-state index in [0.717, 1.165) is 27.3 Å². The number of nitrogens with zero attached hydrogens (tertiary/aromatic N) is 1. The molecule has 0 saturated carbocycles. The summed E-state index contributed by atoms with van der Waals surface area (Å²) in [5, 5.41) is 3.93. The lowest BCUT2D eigenvalue weighted by atomic mass is 10.1. The lowest BCUT2D eigenvalue weighted by Crippen LogP contribution is -2.14. The van der Waals surface area contributed by atoms with E-state index < -0.39 is 0 Å². The van der Waals surface area contributed by atoms with Crippen LogP contribution in [0.25, 0.3) is 10.2 Å². The van der Waals surface area contributed by atoms with Gasteiger partial charge in [0.05, 0.1) is 21.6 Å². The highest BCUT2D eigenvalue weighted by molar-refractivity contribution is 7.18. The van der Waals surface area contributed by atoms with Gasteiger partial charge in [0.1, 0.15) is 5.82 Å². The number of fused-ring (bicyclic) bond motifs is 1. The van der Waals surface area contributed by atoms with Gasteiger partial charge in [-0.25, -0.2) is 9.37 Å². The van der Waals surface area contributed by atoms with E-state index in [1.165, 1.54) is 12.1 Å². The van der Waals surface area contributed by atoms with Gasteiger partial charge in [0.25, 0.3) is 0 Å². The van der Waals surface area contributed by atoms with Crippen molar-refractivity contribution in [3.05, 3.63) is 58.9 Å². The molecule has 0 atom stereocenters. The molecule has 0 unspecified atom stereocenters. The van der Waals surface area contributed by atoms with E-state index >= 15 is 0 Å². The minimum Gasteiger partial charge on any atom is -0.326 e. The van der Waals surface area contributed by atoms with Gasteiger partial charge < -0.3 is 5.32 Å². The number of carbonyl (C=O) groups is 1. The second kappa shape index (κ2) is 6.23. The van der Waals surface area contributed by atoms with E-state index in [-0.39, 0.29) is 18.1 Å². The SMILES string of the molecule is CCc1nc2ccc(NC(=O)Cc3cccc(F)c3)cc2s1. The van der Waals surface area contributed by atoms with Crippen LogP contribution in [0.2, 0.25) is 0 Å². The van der Waals surface area contributed by atoms with Crippen molar-refractivity contribution >= 4 is 33.1 Å². The largest absolute Gasteiger partial charge is 0.326 e. The van der Waals surface area contributed by atoms with E-state index in [4.69, 9.17) is 0 Å². The quantitative estimate of drug-likeness (QED) is 0.785. The van der Waals surface area contributed by atoms with Crippen molar-refractivity contribution in [2.24, 2.45) is 0 Å². The van der Waals surface area contributed by atoms with Gasteiger partial charge in [-0.1, -0.05) is 19.1 Å². The average Bonchev–Trinajstić information content (AvgIpc) is 2.89. The highest BCUT2D eigenvalue weighted by Gasteiger charge is 2.07. The Balaban J connectivity index is 1.73. The zero-order valence-corrected chi connectivity index (χ0v) is 12.9. The molecule has 0 aliphatic carbocycles.